The Morgan fingerprint density at radius 3 is 1.67 bits per heavy atom. The average Bonchev–Trinajstić information content (AvgIpc) is 1.69. The molecule has 0 bridgehead atoms. The molecule has 0 heterocycles. The van der Waals surface area contributed by atoms with Crippen molar-refractivity contribution in [1.29, 1.82) is 0 Å². The van der Waals surface area contributed by atoms with Crippen molar-refractivity contribution in [3.8, 4) is 0 Å². The van der Waals surface area contributed by atoms with E-state index in [9.17, 15) is 4.79 Å². The fraction of sp³-hybridized carbons (Fsp3) is 0.833. The van der Waals surface area contributed by atoms with Gasteiger partial charge in [-0.2, -0.15) is 0 Å². The molecule has 0 N–H and O–H groups in total. The summed E-state index contributed by atoms with van der Waals surface area (Å²) < 4.78 is 0.468. The minimum atomic E-state index is -0.904. The van der Waals surface area contributed by atoms with E-state index < -0.39 is 14.1 Å². The Morgan fingerprint density at radius 2 is 1.67 bits per heavy atom. The van der Waals surface area contributed by atoms with Crippen LogP contribution in [0.2, 0.25) is 10.6 Å². The third kappa shape index (κ3) is 5.19. The minimum Gasteiger partial charge on any atom is -0.321 e. The van der Waals surface area contributed by atoms with Gasteiger partial charge in [-0.05, 0) is 6.92 Å². The topological polar surface area (TPSA) is 17.1 Å². The van der Waals surface area contributed by atoms with Gasteiger partial charge in [-0.1, -0.05) is 24.4 Å². The maximum Gasteiger partial charge on any atom is 0.364 e. The Morgan fingerprint density at radius 1 is 1.33 bits per heavy atom. The molecule has 0 aromatic rings. The summed E-state index contributed by atoms with van der Waals surface area (Å²) >= 11 is -0.904. The van der Waals surface area contributed by atoms with Crippen molar-refractivity contribution in [2.75, 3.05) is 0 Å². The van der Waals surface area contributed by atoms with Crippen LogP contribution in [0.3, 0.4) is 0 Å². The van der Waals surface area contributed by atoms with Gasteiger partial charge in [-0.3, -0.25) is 0 Å². The third-order valence-corrected chi connectivity index (χ3v) is 4.68. The second kappa shape index (κ2) is 6.85. The van der Waals surface area contributed by atoms with Gasteiger partial charge in [0.25, 0.3) is 0 Å². The van der Waals surface area contributed by atoms with E-state index in [-0.39, 0.29) is 17.4 Å². The van der Waals surface area contributed by atoms with Crippen molar-refractivity contribution < 1.29 is 4.79 Å². The van der Waals surface area contributed by atoms with Gasteiger partial charge < -0.3 is 4.79 Å². The molecule has 0 radical (unpaired) electrons. The summed E-state index contributed by atoms with van der Waals surface area (Å²) in [7, 11) is 0. The molecular formula is C6H16Al2O. The van der Waals surface area contributed by atoms with E-state index in [4.69, 9.17) is 0 Å². The molecule has 0 saturated carbocycles. The molecule has 0 saturated heterocycles. The highest BCUT2D eigenvalue weighted by molar-refractivity contribution is 6.89. The molecule has 0 amide bonds. The van der Waals surface area contributed by atoms with Crippen LogP contribution < -0.4 is 0 Å². The Kier molecular flexibility index (Phi) is 9.45. The molecule has 0 aliphatic rings. The lowest BCUT2D eigenvalue weighted by Crippen LogP contribution is -2.19. The summed E-state index contributed by atoms with van der Waals surface area (Å²) in [6.45, 7) is 5.95. The first-order valence-electron chi connectivity index (χ1n) is 3.22. The van der Waals surface area contributed by atoms with Crippen molar-refractivity contribution in [2.24, 2.45) is 0 Å². The molecule has 0 aromatic heterocycles. The fourth-order valence-electron chi connectivity index (χ4n) is 0.864. The van der Waals surface area contributed by atoms with Crippen molar-refractivity contribution >= 4 is 36.2 Å². The van der Waals surface area contributed by atoms with Gasteiger partial charge in [0.2, 0.25) is 0 Å². The summed E-state index contributed by atoms with van der Waals surface area (Å²) in [5, 5.41) is 2.26. The zero-order valence-corrected chi connectivity index (χ0v) is 7.05. The molecule has 0 unspecified atom stereocenters. The first-order valence-corrected chi connectivity index (χ1v) is 5.43. The maximum absolute atomic E-state index is 10.7. The SMILES string of the molecule is C[CH2][Al]([CH2]C)[C](C)=O.[AlH3]. The van der Waals surface area contributed by atoms with Crippen molar-refractivity contribution in [3.63, 3.8) is 0 Å². The van der Waals surface area contributed by atoms with Gasteiger partial charge in [-0.15, -0.1) is 0 Å². The minimum absolute atomic E-state index is 0. The Hall–Kier alpha value is 0.735. The van der Waals surface area contributed by atoms with Crippen LogP contribution in [-0.2, 0) is 4.79 Å². The second-order valence-corrected chi connectivity index (χ2v) is 5.96. The largest absolute Gasteiger partial charge is 0.364 e. The van der Waals surface area contributed by atoms with Crippen LogP contribution in [0.1, 0.15) is 20.8 Å². The van der Waals surface area contributed by atoms with E-state index >= 15 is 0 Å². The lowest BCUT2D eigenvalue weighted by molar-refractivity contribution is -0.110. The van der Waals surface area contributed by atoms with E-state index in [2.05, 4.69) is 13.8 Å². The van der Waals surface area contributed by atoms with E-state index in [1.807, 2.05) is 0 Å². The molecule has 0 aliphatic heterocycles. The molecule has 52 valence electrons. The summed E-state index contributed by atoms with van der Waals surface area (Å²) in [4.78, 5) is 10.7. The average molecular weight is 158 g/mol. The zero-order valence-electron chi connectivity index (χ0n) is 5.90. The summed E-state index contributed by atoms with van der Waals surface area (Å²) in [5.41, 5.74) is 0. The quantitative estimate of drug-likeness (QED) is 0.545. The Balaban J connectivity index is 0. The van der Waals surface area contributed by atoms with Crippen LogP contribution in [0.25, 0.3) is 0 Å². The number of hydrogen-bond acceptors (Lipinski definition) is 1. The van der Waals surface area contributed by atoms with E-state index in [1.165, 1.54) is 0 Å². The fourth-order valence-corrected chi connectivity index (χ4v) is 2.59. The Bertz CT molecular complexity index is 79.1. The molecule has 1 nitrogen and oxygen atoms in total. The molecular weight excluding hydrogens is 142 g/mol. The van der Waals surface area contributed by atoms with Crippen LogP contribution in [0.4, 0.5) is 0 Å². The first-order chi connectivity index (χ1) is 3.72. The van der Waals surface area contributed by atoms with Crippen molar-refractivity contribution in [2.45, 2.75) is 31.3 Å². The lowest BCUT2D eigenvalue weighted by Gasteiger charge is -1.96. The normalized spacial score (nSPS) is 7.89. The van der Waals surface area contributed by atoms with Crippen LogP contribution in [0.15, 0.2) is 0 Å². The van der Waals surface area contributed by atoms with Crippen LogP contribution in [-0.4, -0.2) is 36.2 Å². The summed E-state index contributed by atoms with van der Waals surface area (Å²) in [5.74, 6) is 0. The molecule has 0 atom stereocenters. The van der Waals surface area contributed by atoms with Crippen LogP contribution >= 0.6 is 0 Å². The highest BCUT2D eigenvalue weighted by Crippen LogP contribution is 1.97. The Labute approximate surface area is 72.3 Å². The molecule has 0 aromatic carbocycles. The van der Waals surface area contributed by atoms with Crippen molar-refractivity contribution in [1.82, 2.24) is 0 Å². The smallest absolute Gasteiger partial charge is 0.321 e. The van der Waals surface area contributed by atoms with E-state index in [1.54, 1.807) is 6.92 Å². The third-order valence-electron chi connectivity index (χ3n) is 1.56. The molecule has 0 aliphatic carbocycles. The molecule has 9 heavy (non-hydrogen) atoms. The van der Waals surface area contributed by atoms with E-state index in [0.717, 1.165) is 10.6 Å². The maximum atomic E-state index is 10.7. The number of rotatable bonds is 3. The van der Waals surface area contributed by atoms with Gasteiger partial charge in [0.1, 0.15) is 0 Å². The molecule has 0 rings (SSSR count). The standard InChI is InChI=1S/C2H3O.2C2H5.2Al.3H/c1-2-3;2*1-2;;;;;/h1H3;2*1H2,2H3;;;;;. The van der Waals surface area contributed by atoms with Gasteiger partial charge in [0.05, 0.1) is 0 Å². The monoisotopic (exact) mass is 158 g/mol. The van der Waals surface area contributed by atoms with Gasteiger partial charge in [-0.25, -0.2) is 0 Å². The number of hydrogen-bond donors (Lipinski definition) is 0. The first kappa shape index (κ1) is 12.4. The number of carbonyl (C=O) groups excluding carboxylic acids is 1. The highest BCUT2D eigenvalue weighted by atomic mass is 27.2. The second-order valence-electron chi connectivity index (χ2n) is 2.12. The van der Waals surface area contributed by atoms with Gasteiger partial charge >= 0.3 is 14.1 Å². The van der Waals surface area contributed by atoms with Crippen LogP contribution in [0, 0.1) is 0 Å². The molecule has 0 fully saturated rings. The van der Waals surface area contributed by atoms with Gasteiger partial charge in [0.15, 0.2) is 17.4 Å². The predicted molar refractivity (Wildman–Crippen MR) is 47.3 cm³/mol. The zero-order chi connectivity index (χ0) is 6.57. The molecule has 0 spiro atoms. The summed E-state index contributed by atoms with van der Waals surface area (Å²) in [6, 6.07) is 0. The summed E-state index contributed by atoms with van der Waals surface area (Å²) in [6.07, 6.45) is 0. The predicted octanol–water partition coefficient (Wildman–Crippen LogP) is 0.465. The van der Waals surface area contributed by atoms with Crippen LogP contribution in [0.5, 0.6) is 0 Å². The number of carbonyl (C=O) groups is 1. The van der Waals surface area contributed by atoms with Gasteiger partial charge in [0, 0.05) is 4.65 Å². The highest BCUT2D eigenvalue weighted by Gasteiger charge is 2.16. The lowest BCUT2D eigenvalue weighted by atomic mass is 10.9. The van der Waals surface area contributed by atoms with Crippen molar-refractivity contribution in [3.05, 3.63) is 0 Å². The van der Waals surface area contributed by atoms with E-state index in [0.29, 0.717) is 4.65 Å². The molecule has 3 heteroatoms.